The Morgan fingerprint density at radius 2 is 2.00 bits per heavy atom. The summed E-state index contributed by atoms with van der Waals surface area (Å²) >= 11 is 0. The Bertz CT molecular complexity index is 486. The third kappa shape index (κ3) is 2.14. The molecule has 0 saturated carbocycles. The number of alkyl halides is 3. The molecule has 0 radical (unpaired) electrons. The van der Waals surface area contributed by atoms with E-state index in [-0.39, 0.29) is 11.1 Å². The number of hydrogen-bond acceptors (Lipinski definition) is 2. The number of rotatable bonds is 1. The third-order valence-electron chi connectivity index (χ3n) is 2.09. The van der Waals surface area contributed by atoms with Crippen molar-refractivity contribution in [2.45, 2.75) is 13.1 Å². The highest BCUT2D eigenvalue weighted by Crippen LogP contribution is 2.31. The number of carboxylic acids is 1. The van der Waals surface area contributed by atoms with E-state index in [4.69, 9.17) is 10.4 Å². The first-order chi connectivity index (χ1) is 7.27. The Hall–Kier alpha value is -2.03. The smallest absolute Gasteiger partial charge is 0.416 e. The number of benzene rings is 1. The zero-order valence-corrected chi connectivity index (χ0v) is 8.09. The number of halogens is 3. The fourth-order valence-electron chi connectivity index (χ4n) is 1.22. The van der Waals surface area contributed by atoms with E-state index in [0.717, 1.165) is 0 Å². The van der Waals surface area contributed by atoms with Crippen molar-refractivity contribution in [1.29, 1.82) is 5.26 Å². The summed E-state index contributed by atoms with van der Waals surface area (Å²) in [5, 5.41) is 17.3. The molecule has 1 aromatic carbocycles. The van der Waals surface area contributed by atoms with Crippen LogP contribution < -0.4 is 0 Å². The van der Waals surface area contributed by atoms with E-state index in [2.05, 4.69) is 0 Å². The average Bonchev–Trinajstić information content (AvgIpc) is 2.15. The molecule has 0 aliphatic carbocycles. The van der Waals surface area contributed by atoms with Gasteiger partial charge in [0.1, 0.15) is 0 Å². The molecule has 0 aliphatic heterocycles. The first-order valence-electron chi connectivity index (χ1n) is 4.12. The SMILES string of the molecule is Cc1c(C#N)cc(C(F)(F)F)cc1C(=O)O. The number of nitrogens with zero attached hydrogens (tertiary/aromatic N) is 1. The molecule has 6 heteroatoms. The van der Waals surface area contributed by atoms with Gasteiger partial charge in [0, 0.05) is 0 Å². The maximum Gasteiger partial charge on any atom is 0.416 e. The molecule has 1 aromatic rings. The second kappa shape index (κ2) is 3.85. The molecule has 0 atom stereocenters. The van der Waals surface area contributed by atoms with Crippen LogP contribution in [0.3, 0.4) is 0 Å². The van der Waals surface area contributed by atoms with Crippen molar-refractivity contribution in [3.05, 3.63) is 34.4 Å². The monoisotopic (exact) mass is 229 g/mol. The molecule has 3 nitrogen and oxygen atoms in total. The van der Waals surface area contributed by atoms with Gasteiger partial charge in [-0.15, -0.1) is 0 Å². The van der Waals surface area contributed by atoms with E-state index in [9.17, 15) is 18.0 Å². The van der Waals surface area contributed by atoms with Gasteiger partial charge in [-0.25, -0.2) is 4.79 Å². The van der Waals surface area contributed by atoms with Crippen LogP contribution >= 0.6 is 0 Å². The van der Waals surface area contributed by atoms with Gasteiger partial charge in [0.15, 0.2) is 0 Å². The quantitative estimate of drug-likeness (QED) is 0.804. The summed E-state index contributed by atoms with van der Waals surface area (Å²) in [4.78, 5) is 10.7. The summed E-state index contributed by atoms with van der Waals surface area (Å²) in [6.45, 7) is 1.29. The minimum atomic E-state index is -4.66. The Morgan fingerprint density at radius 1 is 1.44 bits per heavy atom. The van der Waals surface area contributed by atoms with Crippen LogP contribution in [0.25, 0.3) is 0 Å². The van der Waals surface area contributed by atoms with Crippen molar-refractivity contribution in [1.82, 2.24) is 0 Å². The molecule has 0 fully saturated rings. The fraction of sp³-hybridized carbons (Fsp3) is 0.200. The molecular formula is C10H6F3NO2. The number of carboxylic acid groups (broad SMARTS) is 1. The fourth-order valence-corrected chi connectivity index (χ4v) is 1.22. The molecule has 0 amide bonds. The largest absolute Gasteiger partial charge is 0.478 e. The van der Waals surface area contributed by atoms with Crippen LogP contribution in [-0.2, 0) is 6.18 Å². The van der Waals surface area contributed by atoms with E-state index in [1.54, 1.807) is 0 Å². The summed E-state index contributed by atoms with van der Waals surface area (Å²) in [5.41, 5.74) is -1.89. The van der Waals surface area contributed by atoms with Gasteiger partial charge in [0.25, 0.3) is 0 Å². The van der Waals surface area contributed by atoms with Crippen molar-refractivity contribution in [2.24, 2.45) is 0 Å². The molecule has 0 heterocycles. The zero-order chi connectivity index (χ0) is 12.5. The third-order valence-corrected chi connectivity index (χ3v) is 2.09. The van der Waals surface area contributed by atoms with Crippen LogP contribution in [0.15, 0.2) is 12.1 Å². The summed E-state index contributed by atoms with van der Waals surface area (Å²) in [6, 6.07) is 2.71. The molecule has 0 aliphatic rings. The first kappa shape index (κ1) is 12.0. The molecule has 1 rings (SSSR count). The molecular weight excluding hydrogens is 223 g/mol. The van der Waals surface area contributed by atoms with Crippen molar-refractivity contribution in [2.75, 3.05) is 0 Å². The van der Waals surface area contributed by atoms with Crippen LogP contribution in [0.4, 0.5) is 13.2 Å². The maximum atomic E-state index is 12.4. The molecule has 84 valence electrons. The summed E-state index contributed by atoms with van der Waals surface area (Å²) in [5.74, 6) is -1.49. The van der Waals surface area contributed by atoms with Gasteiger partial charge in [-0.2, -0.15) is 18.4 Å². The van der Waals surface area contributed by atoms with Crippen LogP contribution in [0.5, 0.6) is 0 Å². The zero-order valence-electron chi connectivity index (χ0n) is 8.09. The lowest BCUT2D eigenvalue weighted by Gasteiger charge is -2.10. The summed E-state index contributed by atoms with van der Waals surface area (Å²) in [7, 11) is 0. The molecule has 0 aromatic heterocycles. The summed E-state index contributed by atoms with van der Waals surface area (Å²) < 4.78 is 37.1. The van der Waals surface area contributed by atoms with Crippen LogP contribution in [0.2, 0.25) is 0 Å². The Morgan fingerprint density at radius 3 is 2.38 bits per heavy atom. The van der Waals surface area contributed by atoms with Gasteiger partial charge in [-0.05, 0) is 24.6 Å². The predicted octanol–water partition coefficient (Wildman–Crippen LogP) is 2.58. The van der Waals surface area contributed by atoms with Gasteiger partial charge in [0.2, 0.25) is 0 Å². The van der Waals surface area contributed by atoms with E-state index < -0.39 is 23.3 Å². The van der Waals surface area contributed by atoms with E-state index >= 15 is 0 Å². The van der Waals surface area contributed by atoms with E-state index in [1.807, 2.05) is 0 Å². The van der Waals surface area contributed by atoms with Crippen LogP contribution in [0.1, 0.15) is 27.0 Å². The minimum Gasteiger partial charge on any atom is -0.478 e. The molecule has 1 N–H and O–H groups in total. The molecule has 16 heavy (non-hydrogen) atoms. The van der Waals surface area contributed by atoms with Gasteiger partial charge in [-0.1, -0.05) is 0 Å². The van der Waals surface area contributed by atoms with Crippen LogP contribution in [-0.4, -0.2) is 11.1 Å². The average molecular weight is 229 g/mol. The highest BCUT2D eigenvalue weighted by molar-refractivity contribution is 5.90. The van der Waals surface area contributed by atoms with Crippen molar-refractivity contribution in [3.63, 3.8) is 0 Å². The second-order valence-electron chi connectivity index (χ2n) is 3.11. The van der Waals surface area contributed by atoms with Crippen molar-refractivity contribution in [3.8, 4) is 6.07 Å². The number of nitriles is 1. The maximum absolute atomic E-state index is 12.4. The predicted molar refractivity (Wildman–Crippen MR) is 47.9 cm³/mol. The second-order valence-corrected chi connectivity index (χ2v) is 3.11. The summed E-state index contributed by atoms with van der Waals surface area (Å²) in [6.07, 6.45) is -4.66. The highest BCUT2D eigenvalue weighted by atomic mass is 19.4. The number of carbonyl (C=O) groups is 1. The topological polar surface area (TPSA) is 61.1 Å². The van der Waals surface area contributed by atoms with E-state index in [0.29, 0.717) is 12.1 Å². The molecule has 0 spiro atoms. The van der Waals surface area contributed by atoms with Gasteiger partial charge < -0.3 is 5.11 Å². The Kier molecular flexibility index (Phi) is 2.90. The first-order valence-corrected chi connectivity index (χ1v) is 4.12. The van der Waals surface area contributed by atoms with Crippen molar-refractivity contribution < 1.29 is 23.1 Å². The Balaban J connectivity index is 3.54. The molecule has 0 bridgehead atoms. The van der Waals surface area contributed by atoms with Crippen molar-refractivity contribution >= 4 is 5.97 Å². The minimum absolute atomic E-state index is 0.0306. The highest BCUT2D eigenvalue weighted by Gasteiger charge is 2.32. The normalized spacial score (nSPS) is 10.9. The molecule has 0 unspecified atom stereocenters. The lowest BCUT2D eigenvalue weighted by Crippen LogP contribution is -2.10. The van der Waals surface area contributed by atoms with Gasteiger partial charge in [-0.3, -0.25) is 0 Å². The number of hydrogen-bond donors (Lipinski definition) is 1. The molecule has 0 saturated heterocycles. The van der Waals surface area contributed by atoms with Gasteiger partial charge in [0.05, 0.1) is 22.8 Å². The van der Waals surface area contributed by atoms with Crippen LogP contribution in [0, 0.1) is 18.3 Å². The van der Waals surface area contributed by atoms with Gasteiger partial charge >= 0.3 is 12.1 Å². The lowest BCUT2D eigenvalue weighted by atomic mass is 9.99. The number of aromatic carboxylic acids is 1. The Labute approximate surface area is 88.7 Å². The lowest BCUT2D eigenvalue weighted by molar-refractivity contribution is -0.137. The standard InChI is InChI=1S/C10H6F3NO2/c1-5-6(4-14)2-7(10(11,12)13)3-8(5)9(15)16/h2-3H,1H3,(H,15,16). The van der Waals surface area contributed by atoms with E-state index in [1.165, 1.54) is 13.0 Å².